The van der Waals surface area contributed by atoms with Gasteiger partial charge in [-0.15, -0.1) is 0 Å². The minimum absolute atomic E-state index is 0.272. The highest BCUT2D eigenvalue weighted by molar-refractivity contribution is 6.05. The van der Waals surface area contributed by atoms with Crippen molar-refractivity contribution in [3.05, 3.63) is 82.9 Å². The molecule has 1 N–H and O–H groups in total. The average Bonchev–Trinajstić information content (AvgIpc) is 3.25. The van der Waals surface area contributed by atoms with Crippen molar-refractivity contribution in [2.75, 3.05) is 0 Å². The molecule has 2 aliphatic rings. The van der Waals surface area contributed by atoms with Crippen LogP contribution in [0.3, 0.4) is 0 Å². The van der Waals surface area contributed by atoms with Crippen LogP contribution in [0.2, 0.25) is 0 Å². The number of hydrogen-bond acceptors (Lipinski definition) is 3. The van der Waals surface area contributed by atoms with Crippen LogP contribution >= 0.6 is 0 Å². The van der Waals surface area contributed by atoms with Crippen LogP contribution in [-0.4, -0.2) is 16.7 Å². The van der Waals surface area contributed by atoms with Gasteiger partial charge in [-0.3, -0.25) is 4.79 Å². The van der Waals surface area contributed by atoms with Gasteiger partial charge in [0.1, 0.15) is 0 Å². The van der Waals surface area contributed by atoms with Crippen molar-refractivity contribution in [2.24, 2.45) is 5.16 Å². The molecule has 3 heteroatoms. The molecule has 0 radical (unpaired) electrons. The first-order valence-corrected chi connectivity index (χ1v) is 8.42. The summed E-state index contributed by atoms with van der Waals surface area (Å²) < 4.78 is 0. The van der Waals surface area contributed by atoms with Crippen molar-refractivity contribution < 1.29 is 10.0 Å². The molecule has 0 amide bonds. The number of ketones is 1. The molecule has 4 rings (SSSR count). The number of carbonyl (C=O) groups excluding carboxylic acids is 1. The van der Waals surface area contributed by atoms with Crippen LogP contribution in [0.5, 0.6) is 0 Å². The smallest absolute Gasteiger partial charge is 0.163 e. The minimum Gasteiger partial charge on any atom is -0.411 e. The van der Waals surface area contributed by atoms with Gasteiger partial charge in [0.05, 0.1) is 5.71 Å². The van der Waals surface area contributed by atoms with Crippen LogP contribution < -0.4 is 0 Å². The van der Waals surface area contributed by atoms with Crippen molar-refractivity contribution in [3.8, 4) is 0 Å². The Kier molecular flexibility index (Phi) is 4.94. The molecule has 0 spiro atoms. The summed E-state index contributed by atoms with van der Waals surface area (Å²) in [7, 11) is 0. The normalized spacial score (nSPS) is 16.0. The molecule has 0 unspecified atom stereocenters. The molecule has 0 bridgehead atoms. The van der Waals surface area contributed by atoms with Crippen molar-refractivity contribution >= 4 is 23.6 Å². The maximum absolute atomic E-state index is 11.3. The SMILES string of the molecule is C=Cc1cccc2c1CCC2=NO.C=Cc1cccc2c1CCC2=O. The van der Waals surface area contributed by atoms with E-state index in [0.717, 1.165) is 47.2 Å². The molecule has 0 aliphatic heterocycles. The maximum Gasteiger partial charge on any atom is 0.163 e. The van der Waals surface area contributed by atoms with Gasteiger partial charge in [-0.1, -0.05) is 66.9 Å². The molecular weight excluding hydrogens is 310 g/mol. The van der Waals surface area contributed by atoms with Crippen LogP contribution in [0, 0.1) is 0 Å². The fraction of sp³-hybridized carbons (Fsp3) is 0.182. The number of Topliss-reactive ketones (excluding diaryl/α,β-unsaturated/α-hetero) is 1. The number of oxime groups is 1. The van der Waals surface area contributed by atoms with Crippen LogP contribution in [0.1, 0.15) is 51.0 Å². The summed E-state index contributed by atoms with van der Waals surface area (Å²) in [5, 5.41) is 12.0. The molecule has 0 aromatic heterocycles. The lowest BCUT2D eigenvalue weighted by molar-refractivity contribution is 0.0994. The van der Waals surface area contributed by atoms with Crippen LogP contribution in [0.25, 0.3) is 12.2 Å². The number of hydrogen-bond donors (Lipinski definition) is 1. The van der Waals surface area contributed by atoms with E-state index in [-0.39, 0.29) is 5.78 Å². The van der Waals surface area contributed by atoms with Gasteiger partial charge in [-0.25, -0.2) is 0 Å². The van der Waals surface area contributed by atoms with Crippen molar-refractivity contribution in [1.82, 2.24) is 0 Å². The first-order valence-electron chi connectivity index (χ1n) is 8.42. The van der Waals surface area contributed by atoms with Gasteiger partial charge in [0.2, 0.25) is 0 Å². The van der Waals surface area contributed by atoms with Gasteiger partial charge in [0, 0.05) is 17.5 Å². The summed E-state index contributed by atoms with van der Waals surface area (Å²) in [5.41, 5.74) is 7.45. The molecule has 0 fully saturated rings. The van der Waals surface area contributed by atoms with E-state index in [4.69, 9.17) is 5.21 Å². The molecule has 0 heterocycles. The first-order chi connectivity index (χ1) is 12.2. The van der Waals surface area contributed by atoms with Crippen molar-refractivity contribution in [1.29, 1.82) is 0 Å². The summed E-state index contributed by atoms with van der Waals surface area (Å²) in [4.78, 5) is 11.3. The molecule has 2 aromatic carbocycles. The van der Waals surface area contributed by atoms with E-state index in [0.29, 0.717) is 6.42 Å². The highest BCUT2D eigenvalue weighted by Crippen LogP contribution is 2.26. The van der Waals surface area contributed by atoms with Crippen molar-refractivity contribution in [2.45, 2.75) is 25.7 Å². The second-order valence-corrected chi connectivity index (χ2v) is 6.12. The fourth-order valence-corrected chi connectivity index (χ4v) is 3.54. The lowest BCUT2D eigenvalue weighted by Gasteiger charge is -2.01. The summed E-state index contributed by atoms with van der Waals surface area (Å²) in [6, 6.07) is 11.8. The van der Waals surface area contributed by atoms with Crippen LogP contribution in [-0.2, 0) is 12.8 Å². The highest BCUT2D eigenvalue weighted by atomic mass is 16.4. The quantitative estimate of drug-likeness (QED) is 0.628. The Bertz CT molecular complexity index is 878. The van der Waals surface area contributed by atoms with Crippen molar-refractivity contribution in [3.63, 3.8) is 0 Å². The van der Waals surface area contributed by atoms with Gasteiger partial charge < -0.3 is 5.21 Å². The van der Waals surface area contributed by atoms with E-state index in [1.54, 1.807) is 0 Å². The maximum atomic E-state index is 11.3. The third-order valence-corrected chi connectivity index (χ3v) is 4.81. The molecular formula is C22H21NO2. The van der Waals surface area contributed by atoms with Gasteiger partial charge in [-0.2, -0.15) is 0 Å². The lowest BCUT2D eigenvalue weighted by atomic mass is 10.0. The molecule has 0 saturated carbocycles. The average molecular weight is 331 g/mol. The van der Waals surface area contributed by atoms with Crippen LogP contribution in [0.15, 0.2) is 54.7 Å². The number of benzene rings is 2. The third-order valence-electron chi connectivity index (χ3n) is 4.81. The Morgan fingerprint density at radius 1 is 0.840 bits per heavy atom. The highest BCUT2D eigenvalue weighted by Gasteiger charge is 2.20. The van der Waals surface area contributed by atoms with Gasteiger partial charge in [-0.05, 0) is 41.5 Å². The Balaban J connectivity index is 0.000000146. The van der Waals surface area contributed by atoms with Gasteiger partial charge >= 0.3 is 0 Å². The Morgan fingerprint density at radius 3 is 2.00 bits per heavy atom. The standard InChI is InChI=1S/C11H11NO.C11H10O/c1-2-8-4-3-5-10-9(8)6-7-11(10)12-13;1-2-8-4-3-5-10-9(8)6-7-11(10)12/h2-5,13H,1,6-7H2;2-5H,1,6-7H2. The fourth-order valence-electron chi connectivity index (χ4n) is 3.54. The zero-order valence-corrected chi connectivity index (χ0v) is 14.2. The second kappa shape index (κ2) is 7.31. The van der Waals surface area contributed by atoms with E-state index >= 15 is 0 Å². The van der Waals surface area contributed by atoms with E-state index in [9.17, 15) is 4.79 Å². The monoisotopic (exact) mass is 331 g/mol. The Morgan fingerprint density at radius 2 is 1.40 bits per heavy atom. The number of carbonyl (C=O) groups is 1. The Hall–Kier alpha value is -2.94. The molecule has 2 aliphatic carbocycles. The predicted octanol–water partition coefficient (Wildman–Crippen LogP) is 4.91. The zero-order chi connectivity index (χ0) is 17.8. The van der Waals surface area contributed by atoms with E-state index in [1.165, 1.54) is 11.1 Å². The summed E-state index contributed by atoms with van der Waals surface area (Å²) >= 11 is 0. The topological polar surface area (TPSA) is 49.7 Å². The van der Waals surface area contributed by atoms with E-state index in [2.05, 4.69) is 18.3 Å². The lowest BCUT2D eigenvalue weighted by Crippen LogP contribution is -1.93. The zero-order valence-electron chi connectivity index (χ0n) is 14.2. The minimum atomic E-state index is 0.272. The number of fused-ring (bicyclic) bond motifs is 2. The molecule has 0 saturated heterocycles. The first kappa shape index (κ1) is 16.9. The number of nitrogens with zero attached hydrogens (tertiary/aromatic N) is 1. The summed E-state index contributed by atoms with van der Waals surface area (Å²) in [5.74, 6) is 0.272. The molecule has 25 heavy (non-hydrogen) atoms. The second-order valence-electron chi connectivity index (χ2n) is 6.12. The number of rotatable bonds is 2. The van der Waals surface area contributed by atoms with Crippen LogP contribution in [0.4, 0.5) is 0 Å². The summed E-state index contributed by atoms with van der Waals surface area (Å²) in [6.45, 7) is 7.48. The predicted molar refractivity (Wildman–Crippen MR) is 102 cm³/mol. The largest absolute Gasteiger partial charge is 0.411 e. The molecule has 0 atom stereocenters. The van der Waals surface area contributed by atoms with Gasteiger partial charge in [0.15, 0.2) is 5.78 Å². The molecule has 2 aromatic rings. The van der Waals surface area contributed by atoms with Gasteiger partial charge in [0.25, 0.3) is 0 Å². The van der Waals surface area contributed by atoms with E-state index in [1.807, 2.05) is 48.6 Å². The summed E-state index contributed by atoms with van der Waals surface area (Å²) in [6.07, 6.45) is 7.00. The third kappa shape index (κ3) is 3.18. The molecule has 126 valence electrons. The molecule has 3 nitrogen and oxygen atoms in total. The van der Waals surface area contributed by atoms with E-state index < -0.39 is 0 Å². The Labute approximate surface area is 148 Å².